The van der Waals surface area contributed by atoms with Crippen molar-refractivity contribution in [2.75, 3.05) is 25.0 Å². The van der Waals surface area contributed by atoms with E-state index in [4.69, 9.17) is 11.6 Å². The van der Waals surface area contributed by atoms with E-state index in [1.807, 2.05) is 0 Å². The molecule has 0 radical (unpaired) electrons. The molecule has 1 amide bonds. The lowest BCUT2D eigenvalue weighted by atomic mass is 10.0. The van der Waals surface area contributed by atoms with E-state index in [2.05, 4.69) is 5.32 Å². The number of rotatable bonds is 5. The largest absolute Gasteiger partial charge is 0.405 e. The van der Waals surface area contributed by atoms with E-state index >= 15 is 0 Å². The van der Waals surface area contributed by atoms with Crippen LogP contribution in [-0.2, 0) is 18.3 Å². The fraction of sp³-hybridized carbons (Fsp3) is 0.391. The van der Waals surface area contributed by atoms with Gasteiger partial charge in [0, 0.05) is 30.8 Å². The van der Waals surface area contributed by atoms with Crippen LogP contribution in [0.4, 0.5) is 23.2 Å². The van der Waals surface area contributed by atoms with Crippen molar-refractivity contribution in [1.82, 2.24) is 14.0 Å². The molecule has 0 aliphatic carbocycles. The van der Waals surface area contributed by atoms with Crippen molar-refractivity contribution >= 4 is 34.2 Å². The van der Waals surface area contributed by atoms with Crippen LogP contribution in [0.25, 0.3) is 11.0 Å². The summed E-state index contributed by atoms with van der Waals surface area (Å²) in [5.41, 5.74) is 1.48. The van der Waals surface area contributed by atoms with Gasteiger partial charge in [0.15, 0.2) is 0 Å². The third kappa shape index (κ3) is 5.22. The van der Waals surface area contributed by atoms with E-state index < -0.39 is 18.5 Å². The molecule has 1 saturated heterocycles. The molecule has 1 atom stereocenters. The molecule has 2 aromatic carbocycles. The number of amides is 1. The molecular formula is C23H23ClF4N4O2. The molecule has 1 aromatic heterocycles. The van der Waals surface area contributed by atoms with Crippen LogP contribution in [0.1, 0.15) is 24.4 Å². The Balaban J connectivity index is 1.58. The van der Waals surface area contributed by atoms with Gasteiger partial charge in [0.1, 0.15) is 12.4 Å². The number of nitrogens with one attached hydrogen (secondary N) is 1. The fourth-order valence-corrected chi connectivity index (χ4v) is 4.67. The molecular weight excluding hydrogens is 476 g/mol. The molecule has 182 valence electrons. The maximum absolute atomic E-state index is 13.6. The van der Waals surface area contributed by atoms with Crippen LogP contribution in [0.5, 0.6) is 0 Å². The first-order valence-electron chi connectivity index (χ1n) is 10.8. The lowest BCUT2D eigenvalue weighted by molar-refractivity contribution is -0.132. The summed E-state index contributed by atoms with van der Waals surface area (Å²) < 4.78 is 54.5. The molecule has 34 heavy (non-hydrogen) atoms. The SMILES string of the molecule is Cn1c(=O)n([C@H]2CCCN(C(=O)Cc3cc(F)cc(Cl)c3)C2)c2cc(NCC(F)(F)F)ccc21. The van der Waals surface area contributed by atoms with Gasteiger partial charge in [-0.1, -0.05) is 11.6 Å². The molecule has 1 N–H and O–H groups in total. The van der Waals surface area contributed by atoms with Crippen molar-refractivity contribution in [2.24, 2.45) is 7.05 Å². The number of aryl methyl sites for hydroxylation is 1. The van der Waals surface area contributed by atoms with E-state index in [1.165, 1.54) is 28.8 Å². The standard InChI is InChI=1S/C23H23ClF4N4O2/c1-30-19-5-4-17(29-13-23(26,27)28)11-20(19)32(22(30)34)18-3-2-6-31(12-18)21(33)9-14-7-15(24)10-16(25)8-14/h4-5,7-8,10-11,18,29H,2-3,6,9,12-13H2,1H3/t18-/m0/s1. The molecule has 1 aliphatic rings. The minimum atomic E-state index is -4.37. The number of fused-ring (bicyclic) bond motifs is 1. The van der Waals surface area contributed by atoms with Gasteiger partial charge in [0.25, 0.3) is 0 Å². The Bertz CT molecular complexity index is 1260. The lowest BCUT2D eigenvalue weighted by Gasteiger charge is -2.33. The highest BCUT2D eigenvalue weighted by Gasteiger charge is 2.29. The van der Waals surface area contributed by atoms with Gasteiger partial charge < -0.3 is 10.2 Å². The number of carbonyl (C=O) groups excluding carboxylic acids is 1. The van der Waals surface area contributed by atoms with E-state index in [-0.39, 0.29) is 41.3 Å². The predicted octanol–water partition coefficient (Wildman–Crippen LogP) is 4.51. The van der Waals surface area contributed by atoms with Crippen molar-refractivity contribution < 1.29 is 22.4 Å². The highest BCUT2D eigenvalue weighted by atomic mass is 35.5. The smallest absolute Gasteiger partial charge is 0.376 e. The first-order chi connectivity index (χ1) is 16.0. The number of imidazole rings is 1. The normalized spacial score (nSPS) is 16.8. The van der Waals surface area contributed by atoms with Gasteiger partial charge in [-0.2, -0.15) is 13.2 Å². The summed E-state index contributed by atoms with van der Waals surface area (Å²) >= 11 is 5.89. The van der Waals surface area contributed by atoms with E-state index in [9.17, 15) is 27.2 Å². The molecule has 0 unspecified atom stereocenters. The summed E-state index contributed by atoms with van der Waals surface area (Å²) in [5.74, 6) is -0.740. The molecule has 0 saturated carbocycles. The van der Waals surface area contributed by atoms with Gasteiger partial charge >= 0.3 is 11.9 Å². The zero-order chi connectivity index (χ0) is 24.6. The number of anilines is 1. The highest BCUT2D eigenvalue weighted by Crippen LogP contribution is 2.28. The molecule has 11 heteroatoms. The predicted molar refractivity (Wildman–Crippen MR) is 122 cm³/mol. The topological polar surface area (TPSA) is 59.3 Å². The maximum Gasteiger partial charge on any atom is 0.405 e. The Labute approximate surface area is 197 Å². The second-order valence-corrected chi connectivity index (χ2v) is 8.91. The number of carbonyl (C=O) groups is 1. The average molecular weight is 499 g/mol. The van der Waals surface area contributed by atoms with Gasteiger partial charge in [-0.05, 0) is 54.8 Å². The number of alkyl halides is 3. The first kappa shape index (κ1) is 24.1. The van der Waals surface area contributed by atoms with Gasteiger partial charge in [0.05, 0.1) is 23.5 Å². The first-order valence-corrected chi connectivity index (χ1v) is 11.1. The average Bonchev–Trinajstić information content (AvgIpc) is 3.01. The monoisotopic (exact) mass is 498 g/mol. The summed E-state index contributed by atoms with van der Waals surface area (Å²) in [6.45, 7) is -0.428. The van der Waals surface area contributed by atoms with Gasteiger partial charge in [-0.3, -0.25) is 13.9 Å². The summed E-state index contributed by atoms with van der Waals surface area (Å²) in [6.07, 6.45) is -3.12. The summed E-state index contributed by atoms with van der Waals surface area (Å²) in [5, 5.41) is 2.55. The van der Waals surface area contributed by atoms with Crippen molar-refractivity contribution in [2.45, 2.75) is 31.5 Å². The minimum absolute atomic E-state index is 0.0276. The molecule has 0 spiro atoms. The summed E-state index contributed by atoms with van der Waals surface area (Å²) in [4.78, 5) is 27.6. The Morgan fingerprint density at radius 3 is 2.65 bits per heavy atom. The number of halogens is 5. The Morgan fingerprint density at radius 1 is 1.18 bits per heavy atom. The van der Waals surface area contributed by atoms with Gasteiger partial charge in [-0.15, -0.1) is 0 Å². The molecule has 1 aliphatic heterocycles. The second-order valence-electron chi connectivity index (χ2n) is 8.47. The number of likely N-dealkylation sites (tertiary alicyclic amines) is 1. The molecule has 3 aromatic rings. The lowest BCUT2D eigenvalue weighted by Crippen LogP contribution is -2.43. The van der Waals surface area contributed by atoms with Crippen LogP contribution in [0, 0.1) is 5.82 Å². The third-order valence-corrected chi connectivity index (χ3v) is 6.19. The van der Waals surface area contributed by atoms with Crippen molar-refractivity contribution in [1.29, 1.82) is 0 Å². The van der Waals surface area contributed by atoms with Crippen molar-refractivity contribution in [3.05, 3.63) is 63.3 Å². The fourth-order valence-electron chi connectivity index (χ4n) is 4.42. The number of benzene rings is 2. The molecule has 1 fully saturated rings. The number of aromatic nitrogens is 2. The summed E-state index contributed by atoms with van der Waals surface area (Å²) in [7, 11) is 1.60. The van der Waals surface area contributed by atoms with Crippen LogP contribution < -0.4 is 11.0 Å². The van der Waals surface area contributed by atoms with Crippen LogP contribution in [-0.4, -0.2) is 45.8 Å². The quantitative estimate of drug-likeness (QED) is 0.526. The molecule has 4 rings (SSSR count). The van der Waals surface area contributed by atoms with Crippen molar-refractivity contribution in [3.8, 4) is 0 Å². The highest BCUT2D eigenvalue weighted by molar-refractivity contribution is 6.30. The second kappa shape index (κ2) is 9.32. The Hall–Kier alpha value is -3.01. The van der Waals surface area contributed by atoms with Crippen molar-refractivity contribution in [3.63, 3.8) is 0 Å². The zero-order valence-corrected chi connectivity index (χ0v) is 19.1. The number of piperidine rings is 1. The Kier molecular flexibility index (Phi) is 6.62. The number of hydrogen-bond donors (Lipinski definition) is 1. The zero-order valence-electron chi connectivity index (χ0n) is 18.3. The van der Waals surface area contributed by atoms with E-state index in [1.54, 1.807) is 22.6 Å². The van der Waals surface area contributed by atoms with Crippen LogP contribution in [0.3, 0.4) is 0 Å². The molecule has 0 bridgehead atoms. The maximum atomic E-state index is 13.6. The third-order valence-electron chi connectivity index (χ3n) is 5.97. The van der Waals surface area contributed by atoms with Crippen LogP contribution in [0.2, 0.25) is 5.02 Å². The van der Waals surface area contributed by atoms with Crippen LogP contribution in [0.15, 0.2) is 41.2 Å². The van der Waals surface area contributed by atoms with Gasteiger partial charge in [-0.25, -0.2) is 9.18 Å². The minimum Gasteiger partial charge on any atom is -0.376 e. The molecule has 2 heterocycles. The van der Waals surface area contributed by atoms with E-state index in [0.717, 1.165) is 6.07 Å². The van der Waals surface area contributed by atoms with E-state index in [0.29, 0.717) is 36.0 Å². The Morgan fingerprint density at radius 2 is 1.94 bits per heavy atom. The van der Waals surface area contributed by atoms with Crippen LogP contribution >= 0.6 is 11.6 Å². The van der Waals surface area contributed by atoms with Gasteiger partial charge in [0.2, 0.25) is 5.91 Å². The number of hydrogen-bond acceptors (Lipinski definition) is 3. The summed E-state index contributed by atoms with van der Waals surface area (Å²) in [6, 6.07) is 8.24. The molecule has 6 nitrogen and oxygen atoms in total. The number of nitrogens with zero attached hydrogens (tertiary/aromatic N) is 3.